The van der Waals surface area contributed by atoms with Gasteiger partial charge in [0.15, 0.2) is 0 Å². The van der Waals surface area contributed by atoms with Crippen LogP contribution in [-0.2, 0) is 19.4 Å². The molecule has 1 aliphatic carbocycles. The Morgan fingerprint density at radius 2 is 1.82 bits per heavy atom. The normalized spacial score (nSPS) is 16.6. The Morgan fingerprint density at radius 1 is 1.00 bits per heavy atom. The number of hydrogen-bond donors (Lipinski definition) is 1. The molecule has 1 heterocycles. The third-order valence-electron chi connectivity index (χ3n) is 6.50. The van der Waals surface area contributed by atoms with Gasteiger partial charge in [-0.25, -0.2) is 0 Å². The Hall–Kier alpha value is -3.30. The van der Waals surface area contributed by atoms with E-state index in [1.807, 2.05) is 41.2 Å². The van der Waals surface area contributed by atoms with Gasteiger partial charge in [-0.3, -0.25) is 4.68 Å². The fourth-order valence-electron chi connectivity index (χ4n) is 4.88. The number of halogens is 1. The molecule has 5 rings (SSSR count). The molecule has 33 heavy (non-hydrogen) atoms. The number of fused-ring (bicyclic) bond motifs is 1. The topological polar surface area (TPSA) is 38.0 Å². The number of phenols is 1. The van der Waals surface area contributed by atoms with Crippen molar-refractivity contribution in [3.8, 4) is 5.75 Å². The first-order valence-corrected chi connectivity index (χ1v) is 11.8. The van der Waals surface area contributed by atoms with Crippen LogP contribution in [0.25, 0.3) is 0 Å². The first-order chi connectivity index (χ1) is 16.2. The standard InChI is InChI=1S/C29H27ClN2O/c30-26-12-4-11-24(18-26)29(22-8-2-1-3-9-22)25-19-31-32(20-25)16-6-7-21-14-15-27-23(17-21)10-5-13-28(27)33/h1-13,18-21,29,33H,14-17H2/b7-6+. The lowest BCUT2D eigenvalue weighted by Gasteiger charge is -2.22. The van der Waals surface area contributed by atoms with E-state index in [-0.39, 0.29) is 5.92 Å². The fraction of sp³-hybridized carbons (Fsp3) is 0.207. The van der Waals surface area contributed by atoms with Gasteiger partial charge in [-0.15, -0.1) is 0 Å². The van der Waals surface area contributed by atoms with Crippen molar-refractivity contribution >= 4 is 11.6 Å². The molecule has 0 fully saturated rings. The Labute approximate surface area is 200 Å². The van der Waals surface area contributed by atoms with Gasteiger partial charge in [-0.05, 0) is 65.6 Å². The molecule has 3 nitrogen and oxygen atoms in total. The van der Waals surface area contributed by atoms with Crippen LogP contribution in [0.15, 0.2) is 97.3 Å². The molecule has 2 unspecified atom stereocenters. The maximum atomic E-state index is 10.1. The highest BCUT2D eigenvalue weighted by Crippen LogP contribution is 2.33. The number of phenolic OH excluding ortho intramolecular Hbond substituents is 1. The van der Waals surface area contributed by atoms with E-state index in [1.165, 1.54) is 11.1 Å². The molecule has 4 heteroatoms. The van der Waals surface area contributed by atoms with Crippen molar-refractivity contribution in [1.29, 1.82) is 0 Å². The molecule has 1 aliphatic rings. The van der Waals surface area contributed by atoms with Crippen LogP contribution in [0.1, 0.15) is 40.2 Å². The molecule has 2 atom stereocenters. The summed E-state index contributed by atoms with van der Waals surface area (Å²) < 4.78 is 1.99. The van der Waals surface area contributed by atoms with Gasteiger partial charge in [0.1, 0.15) is 5.75 Å². The molecule has 4 aromatic rings. The Balaban J connectivity index is 1.31. The third kappa shape index (κ3) is 4.89. The van der Waals surface area contributed by atoms with Crippen molar-refractivity contribution in [3.63, 3.8) is 0 Å². The summed E-state index contributed by atoms with van der Waals surface area (Å²) in [4.78, 5) is 0. The average Bonchev–Trinajstić information content (AvgIpc) is 3.28. The molecule has 0 saturated heterocycles. The maximum Gasteiger partial charge on any atom is 0.119 e. The maximum absolute atomic E-state index is 10.1. The lowest BCUT2D eigenvalue weighted by Crippen LogP contribution is -2.12. The molecule has 0 saturated carbocycles. The second-order valence-electron chi connectivity index (χ2n) is 8.74. The molecule has 166 valence electrons. The molecule has 3 aromatic carbocycles. The summed E-state index contributed by atoms with van der Waals surface area (Å²) in [7, 11) is 0. The third-order valence-corrected chi connectivity index (χ3v) is 6.73. The predicted molar refractivity (Wildman–Crippen MR) is 134 cm³/mol. The van der Waals surface area contributed by atoms with Crippen LogP contribution in [0.3, 0.4) is 0 Å². The zero-order valence-electron chi connectivity index (χ0n) is 18.4. The molecular formula is C29H27ClN2O. The molecular weight excluding hydrogens is 428 g/mol. The van der Waals surface area contributed by atoms with Crippen LogP contribution in [-0.4, -0.2) is 14.9 Å². The van der Waals surface area contributed by atoms with E-state index in [0.29, 0.717) is 11.7 Å². The van der Waals surface area contributed by atoms with Crippen molar-refractivity contribution < 1.29 is 5.11 Å². The van der Waals surface area contributed by atoms with Gasteiger partial charge >= 0.3 is 0 Å². The van der Waals surface area contributed by atoms with Crippen LogP contribution in [0, 0.1) is 5.92 Å². The van der Waals surface area contributed by atoms with Gasteiger partial charge in [-0.1, -0.05) is 78.4 Å². The van der Waals surface area contributed by atoms with Crippen molar-refractivity contribution in [3.05, 3.63) is 130 Å². The van der Waals surface area contributed by atoms with Crippen LogP contribution >= 0.6 is 11.6 Å². The van der Waals surface area contributed by atoms with Crippen molar-refractivity contribution in [2.45, 2.75) is 31.7 Å². The van der Waals surface area contributed by atoms with E-state index in [2.05, 4.69) is 59.8 Å². The summed E-state index contributed by atoms with van der Waals surface area (Å²) in [6, 6.07) is 24.4. The highest BCUT2D eigenvalue weighted by atomic mass is 35.5. The zero-order chi connectivity index (χ0) is 22.6. The van der Waals surface area contributed by atoms with E-state index in [4.69, 9.17) is 11.6 Å². The van der Waals surface area contributed by atoms with Crippen LogP contribution in [0.2, 0.25) is 5.02 Å². The monoisotopic (exact) mass is 454 g/mol. The minimum absolute atomic E-state index is 0.0881. The number of benzene rings is 3. The van der Waals surface area contributed by atoms with Crippen LogP contribution < -0.4 is 0 Å². The summed E-state index contributed by atoms with van der Waals surface area (Å²) in [6.07, 6.45) is 11.6. The minimum Gasteiger partial charge on any atom is -0.508 e. The summed E-state index contributed by atoms with van der Waals surface area (Å²) >= 11 is 6.31. The molecule has 1 aromatic heterocycles. The fourth-order valence-corrected chi connectivity index (χ4v) is 5.08. The number of rotatable bonds is 6. The summed E-state index contributed by atoms with van der Waals surface area (Å²) in [6.45, 7) is 0.737. The highest BCUT2D eigenvalue weighted by Gasteiger charge is 2.20. The van der Waals surface area contributed by atoms with Gasteiger partial charge in [-0.2, -0.15) is 5.10 Å². The minimum atomic E-state index is 0.0881. The lowest BCUT2D eigenvalue weighted by atomic mass is 9.83. The Kier molecular flexibility index (Phi) is 6.32. The quantitative estimate of drug-likeness (QED) is 0.326. The van der Waals surface area contributed by atoms with Gasteiger partial charge in [0.25, 0.3) is 0 Å². The SMILES string of the molecule is Oc1cccc2c1CCC(/C=C/Cn1cc(C(c3ccccc3)c3cccc(Cl)c3)cn1)C2. The molecule has 0 spiro atoms. The number of nitrogens with zero attached hydrogens (tertiary/aromatic N) is 2. The largest absolute Gasteiger partial charge is 0.508 e. The smallest absolute Gasteiger partial charge is 0.119 e. The van der Waals surface area contributed by atoms with Crippen LogP contribution in [0.4, 0.5) is 0 Å². The molecule has 0 amide bonds. The molecule has 0 radical (unpaired) electrons. The average molecular weight is 455 g/mol. The zero-order valence-corrected chi connectivity index (χ0v) is 19.2. The second-order valence-corrected chi connectivity index (χ2v) is 9.18. The Bertz CT molecular complexity index is 1260. The number of aromatic nitrogens is 2. The first-order valence-electron chi connectivity index (χ1n) is 11.5. The highest BCUT2D eigenvalue weighted by molar-refractivity contribution is 6.30. The van der Waals surface area contributed by atoms with E-state index >= 15 is 0 Å². The van der Waals surface area contributed by atoms with Crippen molar-refractivity contribution in [2.75, 3.05) is 0 Å². The van der Waals surface area contributed by atoms with E-state index < -0.39 is 0 Å². The Morgan fingerprint density at radius 3 is 2.67 bits per heavy atom. The number of aromatic hydroxyl groups is 1. The second kappa shape index (κ2) is 9.68. The summed E-state index contributed by atoms with van der Waals surface area (Å²) in [5.41, 5.74) is 5.92. The summed E-state index contributed by atoms with van der Waals surface area (Å²) in [5, 5.41) is 15.4. The summed E-state index contributed by atoms with van der Waals surface area (Å²) in [5.74, 6) is 1.02. The van der Waals surface area contributed by atoms with Gasteiger partial charge < -0.3 is 5.11 Å². The van der Waals surface area contributed by atoms with Crippen molar-refractivity contribution in [2.24, 2.45) is 5.92 Å². The van der Waals surface area contributed by atoms with Gasteiger partial charge in [0.2, 0.25) is 0 Å². The predicted octanol–water partition coefficient (Wildman–Crippen LogP) is 6.78. The van der Waals surface area contributed by atoms with E-state index in [9.17, 15) is 5.11 Å². The molecule has 0 aliphatic heterocycles. The molecule has 1 N–H and O–H groups in total. The van der Waals surface area contributed by atoms with Crippen molar-refractivity contribution in [1.82, 2.24) is 9.78 Å². The van der Waals surface area contributed by atoms with Gasteiger partial charge in [0.05, 0.1) is 12.7 Å². The molecule has 0 bridgehead atoms. The number of allylic oxidation sites excluding steroid dienone is 2. The van der Waals surface area contributed by atoms with E-state index in [1.54, 1.807) is 6.07 Å². The number of hydrogen-bond acceptors (Lipinski definition) is 2. The first kappa shape index (κ1) is 21.5. The lowest BCUT2D eigenvalue weighted by molar-refractivity contribution is 0.453. The van der Waals surface area contributed by atoms with E-state index in [0.717, 1.165) is 47.5 Å². The van der Waals surface area contributed by atoms with Gasteiger partial charge in [0, 0.05) is 22.7 Å². The van der Waals surface area contributed by atoms with Crippen LogP contribution in [0.5, 0.6) is 5.75 Å².